The first-order valence-corrected chi connectivity index (χ1v) is 6.82. The van der Waals surface area contributed by atoms with Gasteiger partial charge >= 0.3 is 7.60 Å². The Labute approximate surface area is 99.6 Å². The van der Waals surface area contributed by atoms with Crippen LogP contribution in [0.3, 0.4) is 0 Å². The SMILES string of the molecule is CC(C)(Oc1ccccc1)C(=O)CP(=O)(O)O. The molecular formula is C11H15O5P. The molecule has 17 heavy (non-hydrogen) atoms. The summed E-state index contributed by atoms with van der Waals surface area (Å²) in [4.78, 5) is 29.2. The molecule has 0 aliphatic heterocycles. The fraction of sp³-hybridized carbons (Fsp3) is 0.364. The molecule has 0 atom stereocenters. The lowest BCUT2D eigenvalue weighted by atomic mass is 10.1. The molecule has 94 valence electrons. The van der Waals surface area contributed by atoms with Crippen molar-refractivity contribution < 1.29 is 23.9 Å². The molecule has 5 nitrogen and oxygen atoms in total. The highest BCUT2D eigenvalue weighted by Crippen LogP contribution is 2.36. The molecule has 0 saturated carbocycles. The average molecular weight is 258 g/mol. The van der Waals surface area contributed by atoms with E-state index >= 15 is 0 Å². The third kappa shape index (κ3) is 4.69. The summed E-state index contributed by atoms with van der Waals surface area (Å²) >= 11 is 0. The summed E-state index contributed by atoms with van der Waals surface area (Å²) in [6.45, 7) is 2.97. The molecule has 0 aliphatic carbocycles. The number of carbonyl (C=O) groups excluding carboxylic acids is 1. The van der Waals surface area contributed by atoms with E-state index in [-0.39, 0.29) is 0 Å². The summed E-state index contributed by atoms with van der Waals surface area (Å²) in [5, 5.41) is 0. The predicted octanol–water partition coefficient (Wildman–Crippen LogP) is 1.59. The van der Waals surface area contributed by atoms with Crippen LogP contribution in [0, 0.1) is 0 Å². The Balaban J connectivity index is 2.75. The van der Waals surface area contributed by atoms with Crippen LogP contribution in [0.15, 0.2) is 30.3 Å². The number of hydrogen-bond acceptors (Lipinski definition) is 3. The molecular weight excluding hydrogens is 243 g/mol. The average Bonchev–Trinajstić information content (AvgIpc) is 2.15. The normalized spacial score (nSPS) is 12.2. The predicted molar refractivity (Wildman–Crippen MR) is 63.1 cm³/mol. The molecule has 0 bridgehead atoms. The van der Waals surface area contributed by atoms with Gasteiger partial charge in [-0.3, -0.25) is 9.36 Å². The van der Waals surface area contributed by atoms with Crippen molar-refractivity contribution in [2.24, 2.45) is 0 Å². The van der Waals surface area contributed by atoms with E-state index < -0.39 is 25.1 Å². The van der Waals surface area contributed by atoms with Gasteiger partial charge in [-0.15, -0.1) is 0 Å². The molecule has 1 rings (SSSR count). The van der Waals surface area contributed by atoms with Crippen molar-refractivity contribution in [1.82, 2.24) is 0 Å². The monoisotopic (exact) mass is 258 g/mol. The Bertz CT molecular complexity index is 434. The first-order valence-electron chi connectivity index (χ1n) is 5.03. The zero-order valence-corrected chi connectivity index (χ0v) is 10.6. The molecule has 0 aliphatic rings. The highest BCUT2D eigenvalue weighted by atomic mass is 31.2. The van der Waals surface area contributed by atoms with Crippen LogP contribution < -0.4 is 4.74 Å². The third-order valence-electron chi connectivity index (χ3n) is 2.14. The van der Waals surface area contributed by atoms with E-state index in [0.29, 0.717) is 5.75 Å². The highest BCUT2D eigenvalue weighted by molar-refractivity contribution is 7.52. The van der Waals surface area contributed by atoms with Crippen LogP contribution in [0.5, 0.6) is 5.75 Å². The van der Waals surface area contributed by atoms with Crippen LogP contribution in [0.2, 0.25) is 0 Å². The van der Waals surface area contributed by atoms with Crippen LogP contribution in [0.25, 0.3) is 0 Å². The van der Waals surface area contributed by atoms with Crippen molar-refractivity contribution in [1.29, 1.82) is 0 Å². The summed E-state index contributed by atoms with van der Waals surface area (Å²) in [6.07, 6.45) is -0.813. The third-order valence-corrected chi connectivity index (χ3v) is 2.84. The first kappa shape index (κ1) is 13.9. The first-order chi connectivity index (χ1) is 7.71. The van der Waals surface area contributed by atoms with E-state index in [0.717, 1.165) is 0 Å². The van der Waals surface area contributed by atoms with Gasteiger partial charge in [-0.05, 0) is 26.0 Å². The van der Waals surface area contributed by atoms with E-state index in [1.54, 1.807) is 30.3 Å². The van der Waals surface area contributed by atoms with Crippen molar-refractivity contribution in [3.05, 3.63) is 30.3 Å². The number of para-hydroxylation sites is 1. The Kier molecular flexibility index (Phi) is 4.09. The summed E-state index contributed by atoms with van der Waals surface area (Å²) in [7, 11) is -4.35. The second kappa shape index (κ2) is 5.00. The minimum absolute atomic E-state index is 0.483. The summed E-state index contributed by atoms with van der Waals surface area (Å²) in [5.41, 5.74) is -1.26. The fourth-order valence-corrected chi connectivity index (χ4v) is 1.97. The minimum atomic E-state index is -4.35. The van der Waals surface area contributed by atoms with Gasteiger partial charge in [0.2, 0.25) is 0 Å². The number of ether oxygens (including phenoxy) is 1. The lowest BCUT2D eigenvalue weighted by molar-refractivity contribution is -0.129. The van der Waals surface area contributed by atoms with Crippen LogP contribution in [0.4, 0.5) is 0 Å². The molecule has 0 fully saturated rings. The number of hydrogen-bond donors (Lipinski definition) is 2. The molecule has 0 unspecified atom stereocenters. The van der Waals surface area contributed by atoms with Crippen molar-refractivity contribution in [3.8, 4) is 5.75 Å². The zero-order valence-electron chi connectivity index (χ0n) is 9.66. The van der Waals surface area contributed by atoms with Gasteiger partial charge in [0.15, 0.2) is 11.4 Å². The van der Waals surface area contributed by atoms with Gasteiger partial charge < -0.3 is 14.5 Å². The highest BCUT2D eigenvalue weighted by Gasteiger charge is 2.34. The van der Waals surface area contributed by atoms with E-state index in [1.807, 2.05) is 0 Å². The molecule has 0 heterocycles. The quantitative estimate of drug-likeness (QED) is 0.783. The summed E-state index contributed by atoms with van der Waals surface area (Å²) in [5.74, 6) is -0.147. The van der Waals surface area contributed by atoms with Gasteiger partial charge in [0.05, 0.1) is 0 Å². The number of ketones is 1. The molecule has 0 saturated heterocycles. The number of Topliss-reactive ketones (excluding diaryl/α,β-unsaturated/α-hetero) is 1. The Morgan fingerprint density at radius 1 is 1.29 bits per heavy atom. The number of rotatable bonds is 5. The molecule has 2 N–H and O–H groups in total. The van der Waals surface area contributed by atoms with Gasteiger partial charge in [-0.25, -0.2) is 0 Å². The van der Waals surface area contributed by atoms with Gasteiger partial charge in [-0.1, -0.05) is 18.2 Å². The van der Waals surface area contributed by atoms with Crippen molar-refractivity contribution >= 4 is 13.4 Å². The maximum atomic E-state index is 11.7. The standard InChI is InChI=1S/C11H15O5P/c1-11(2,10(12)8-17(13,14)15)16-9-6-4-3-5-7-9/h3-7H,8H2,1-2H3,(H2,13,14,15). The fourth-order valence-electron chi connectivity index (χ4n) is 1.22. The van der Waals surface area contributed by atoms with Gasteiger partial charge in [0, 0.05) is 0 Å². The smallest absolute Gasteiger partial charge is 0.333 e. The van der Waals surface area contributed by atoms with Gasteiger partial charge in [0.25, 0.3) is 0 Å². The van der Waals surface area contributed by atoms with E-state index in [2.05, 4.69) is 0 Å². The molecule has 0 aromatic heterocycles. The molecule has 0 spiro atoms. The topological polar surface area (TPSA) is 83.8 Å². The Hall–Kier alpha value is -1.16. The van der Waals surface area contributed by atoms with E-state index in [1.165, 1.54) is 13.8 Å². The van der Waals surface area contributed by atoms with E-state index in [4.69, 9.17) is 14.5 Å². The van der Waals surface area contributed by atoms with Crippen molar-refractivity contribution in [2.45, 2.75) is 19.4 Å². The largest absolute Gasteiger partial charge is 0.480 e. The van der Waals surface area contributed by atoms with Gasteiger partial charge in [0.1, 0.15) is 11.9 Å². The van der Waals surface area contributed by atoms with E-state index in [9.17, 15) is 9.36 Å². The molecule has 0 radical (unpaired) electrons. The van der Waals surface area contributed by atoms with Crippen LogP contribution in [-0.4, -0.2) is 27.3 Å². The second-order valence-corrected chi connectivity index (χ2v) is 5.82. The second-order valence-electron chi connectivity index (χ2n) is 4.17. The number of benzene rings is 1. The Morgan fingerprint density at radius 2 is 1.82 bits per heavy atom. The molecule has 0 amide bonds. The summed E-state index contributed by atoms with van der Waals surface area (Å²) in [6, 6.07) is 8.65. The van der Waals surface area contributed by atoms with Crippen molar-refractivity contribution in [2.75, 3.05) is 6.16 Å². The number of carbonyl (C=O) groups is 1. The lowest BCUT2D eigenvalue weighted by Gasteiger charge is -2.25. The molecule has 1 aromatic rings. The molecule has 1 aromatic carbocycles. The van der Waals surface area contributed by atoms with Crippen LogP contribution in [-0.2, 0) is 9.36 Å². The van der Waals surface area contributed by atoms with Crippen LogP contribution >= 0.6 is 7.60 Å². The van der Waals surface area contributed by atoms with Gasteiger partial charge in [-0.2, -0.15) is 0 Å². The minimum Gasteiger partial charge on any atom is -0.480 e. The summed E-state index contributed by atoms with van der Waals surface area (Å²) < 4.78 is 16.2. The molecule has 6 heteroatoms. The maximum Gasteiger partial charge on any atom is 0.333 e. The van der Waals surface area contributed by atoms with Crippen molar-refractivity contribution in [3.63, 3.8) is 0 Å². The zero-order chi connectivity index (χ0) is 13.1. The Morgan fingerprint density at radius 3 is 2.29 bits per heavy atom. The maximum absolute atomic E-state index is 11.7. The van der Waals surface area contributed by atoms with Crippen LogP contribution in [0.1, 0.15) is 13.8 Å². The lowest BCUT2D eigenvalue weighted by Crippen LogP contribution is -2.40.